The van der Waals surface area contributed by atoms with Gasteiger partial charge in [-0.3, -0.25) is 0 Å². The van der Waals surface area contributed by atoms with Crippen LogP contribution in [0.25, 0.3) is 10.2 Å². The monoisotopic (exact) mass is 365 g/mol. The number of rotatable bonds is 1. The van der Waals surface area contributed by atoms with Crippen LogP contribution in [-0.2, 0) is 9.84 Å². The molecule has 2 saturated heterocycles. The molecule has 1 aromatic heterocycles. The first kappa shape index (κ1) is 15.8. The number of sulfone groups is 1. The van der Waals surface area contributed by atoms with E-state index in [1.165, 1.54) is 0 Å². The van der Waals surface area contributed by atoms with Crippen LogP contribution in [0.3, 0.4) is 0 Å². The molecule has 2 unspecified atom stereocenters. The molecule has 2 aromatic rings. The summed E-state index contributed by atoms with van der Waals surface area (Å²) in [6.07, 6.45) is 1.94. The van der Waals surface area contributed by atoms with E-state index < -0.39 is 15.1 Å². The van der Waals surface area contributed by atoms with Crippen LogP contribution in [0.4, 0.5) is 10.5 Å². The first-order valence-corrected chi connectivity index (χ1v) is 10.5. The van der Waals surface area contributed by atoms with Gasteiger partial charge in [-0.15, -0.1) is 11.3 Å². The maximum Gasteiger partial charge on any atom is 0.321 e. The molecule has 0 spiro atoms. The number of nitrogens with one attached hydrogen (secondary N) is 1. The predicted octanol–water partition coefficient (Wildman–Crippen LogP) is 2.79. The number of carbonyl (C=O) groups is 1. The number of thiazole rings is 1. The largest absolute Gasteiger partial charge is 0.323 e. The van der Waals surface area contributed by atoms with Crippen LogP contribution < -0.4 is 5.32 Å². The highest BCUT2D eigenvalue weighted by Crippen LogP contribution is 2.33. The molecule has 0 radical (unpaired) electrons. The quantitative estimate of drug-likeness (QED) is 0.843. The minimum atomic E-state index is -3.06. The molecular weight excluding hydrogens is 346 g/mol. The first-order valence-electron chi connectivity index (χ1n) is 8.09. The Morgan fingerprint density at radius 1 is 1.29 bits per heavy atom. The summed E-state index contributed by atoms with van der Waals surface area (Å²) in [6, 6.07) is 5.43. The highest BCUT2D eigenvalue weighted by atomic mass is 32.2. The summed E-state index contributed by atoms with van der Waals surface area (Å²) in [5, 5.41) is 3.20. The number of carbonyl (C=O) groups excluding carboxylic acids is 1. The zero-order valence-electron chi connectivity index (χ0n) is 13.4. The van der Waals surface area contributed by atoms with E-state index >= 15 is 0 Å². The third-order valence-corrected chi connectivity index (χ3v) is 8.58. The first-order chi connectivity index (χ1) is 11.4. The number of aryl methyl sites for hydroxylation is 1. The highest BCUT2D eigenvalue weighted by molar-refractivity contribution is 7.93. The fourth-order valence-corrected chi connectivity index (χ4v) is 6.72. The highest BCUT2D eigenvalue weighted by Gasteiger charge is 2.44. The Hall–Kier alpha value is -1.67. The maximum absolute atomic E-state index is 12.6. The molecule has 1 aromatic carbocycles. The van der Waals surface area contributed by atoms with Crippen molar-refractivity contribution in [2.45, 2.75) is 36.7 Å². The lowest BCUT2D eigenvalue weighted by Gasteiger charge is -2.24. The van der Waals surface area contributed by atoms with Gasteiger partial charge in [0.2, 0.25) is 0 Å². The number of likely N-dealkylation sites (tertiary alicyclic amines) is 1. The molecule has 2 aliphatic heterocycles. The Morgan fingerprint density at radius 2 is 2.08 bits per heavy atom. The van der Waals surface area contributed by atoms with Crippen LogP contribution in [0, 0.1) is 6.92 Å². The smallest absolute Gasteiger partial charge is 0.321 e. The van der Waals surface area contributed by atoms with E-state index in [0.717, 1.165) is 21.6 Å². The van der Waals surface area contributed by atoms with Crippen LogP contribution in [-0.4, -0.2) is 47.9 Å². The Balaban J connectivity index is 1.51. The Labute approximate surface area is 144 Å². The molecule has 8 heteroatoms. The van der Waals surface area contributed by atoms with Crippen LogP contribution in [0.2, 0.25) is 0 Å². The number of urea groups is 1. The zero-order valence-corrected chi connectivity index (χ0v) is 15.0. The van der Waals surface area contributed by atoms with Gasteiger partial charge in [-0.2, -0.15) is 0 Å². The lowest BCUT2D eigenvalue weighted by Crippen LogP contribution is -2.40. The van der Waals surface area contributed by atoms with Crippen molar-refractivity contribution in [3.63, 3.8) is 0 Å². The molecule has 0 saturated carbocycles. The van der Waals surface area contributed by atoms with E-state index in [-0.39, 0.29) is 11.3 Å². The summed E-state index contributed by atoms with van der Waals surface area (Å²) in [6.45, 7) is 2.74. The standard InChI is InChI=1S/C16H19N3O3S2/c1-10-17-14-8-11(2-5-15(14)23-10)18-16(20)19-7-6-12-3-4-13(9-19)24(12,21)22/h2,5,8,12-13H,3-4,6-7,9H2,1H3,(H,18,20). The molecule has 24 heavy (non-hydrogen) atoms. The van der Waals surface area contributed by atoms with Crippen LogP contribution in [0.1, 0.15) is 24.3 Å². The van der Waals surface area contributed by atoms with E-state index in [1.807, 2.05) is 25.1 Å². The average Bonchev–Trinajstić information content (AvgIpc) is 2.94. The fraction of sp³-hybridized carbons (Fsp3) is 0.500. The Bertz CT molecular complexity index is 906. The van der Waals surface area contributed by atoms with Gasteiger partial charge in [-0.25, -0.2) is 18.2 Å². The minimum Gasteiger partial charge on any atom is -0.323 e. The van der Waals surface area contributed by atoms with Gasteiger partial charge in [0, 0.05) is 18.8 Å². The summed E-state index contributed by atoms with van der Waals surface area (Å²) in [5.41, 5.74) is 1.56. The van der Waals surface area contributed by atoms with Crippen LogP contribution in [0.5, 0.6) is 0 Å². The van der Waals surface area contributed by atoms with E-state index in [2.05, 4.69) is 10.3 Å². The van der Waals surface area contributed by atoms with Crippen molar-refractivity contribution >= 4 is 43.1 Å². The van der Waals surface area contributed by atoms with Crippen molar-refractivity contribution in [1.82, 2.24) is 9.88 Å². The van der Waals surface area contributed by atoms with Crippen molar-refractivity contribution in [2.24, 2.45) is 0 Å². The number of anilines is 1. The van der Waals surface area contributed by atoms with Gasteiger partial charge in [0.05, 0.1) is 25.7 Å². The van der Waals surface area contributed by atoms with E-state index in [0.29, 0.717) is 31.6 Å². The summed E-state index contributed by atoms with van der Waals surface area (Å²) >= 11 is 1.62. The van der Waals surface area contributed by atoms with Crippen molar-refractivity contribution < 1.29 is 13.2 Å². The Morgan fingerprint density at radius 3 is 2.92 bits per heavy atom. The second-order valence-corrected chi connectivity index (χ2v) is 10.2. The number of aromatic nitrogens is 1. The summed E-state index contributed by atoms with van der Waals surface area (Å²) in [7, 11) is -3.06. The Kier molecular flexibility index (Phi) is 3.76. The number of nitrogens with zero attached hydrogens (tertiary/aromatic N) is 2. The van der Waals surface area contributed by atoms with Gasteiger partial charge in [0.1, 0.15) is 0 Å². The average molecular weight is 365 g/mol. The van der Waals surface area contributed by atoms with E-state index in [1.54, 1.807) is 16.2 Å². The number of benzene rings is 1. The van der Waals surface area contributed by atoms with Crippen molar-refractivity contribution in [1.29, 1.82) is 0 Å². The number of hydrogen-bond acceptors (Lipinski definition) is 5. The third kappa shape index (κ3) is 2.67. The van der Waals surface area contributed by atoms with Gasteiger partial charge in [-0.05, 0) is 44.4 Å². The lowest BCUT2D eigenvalue weighted by molar-refractivity contribution is 0.209. The summed E-state index contributed by atoms with van der Waals surface area (Å²) < 4.78 is 25.7. The molecule has 128 valence electrons. The van der Waals surface area contributed by atoms with E-state index in [9.17, 15) is 13.2 Å². The molecule has 2 bridgehead atoms. The number of fused-ring (bicyclic) bond motifs is 3. The second kappa shape index (κ2) is 5.70. The molecule has 1 N–H and O–H groups in total. The fourth-order valence-electron chi connectivity index (χ4n) is 3.62. The molecule has 2 amide bonds. The van der Waals surface area contributed by atoms with Crippen LogP contribution in [0.15, 0.2) is 18.2 Å². The predicted molar refractivity (Wildman–Crippen MR) is 95.3 cm³/mol. The molecule has 2 fully saturated rings. The molecule has 2 atom stereocenters. The summed E-state index contributed by atoms with van der Waals surface area (Å²) in [4.78, 5) is 18.6. The minimum absolute atomic E-state index is 0.232. The van der Waals surface area contributed by atoms with Gasteiger partial charge in [0.25, 0.3) is 0 Å². The topological polar surface area (TPSA) is 79.4 Å². The second-order valence-electron chi connectivity index (χ2n) is 6.49. The normalized spacial score (nSPS) is 25.6. The molecular formula is C16H19N3O3S2. The van der Waals surface area contributed by atoms with Gasteiger partial charge in [-0.1, -0.05) is 0 Å². The lowest BCUT2D eigenvalue weighted by atomic mass is 10.1. The maximum atomic E-state index is 12.6. The summed E-state index contributed by atoms with van der Waals surface area (Å²) in [5.74, 6) is 0. The van der Waals surface area contributed by atoms with E-state index in [4.69, 9.17) is 0 Å². The van der Waals surface area contributed by atoms with Crippen molar-refractivity contribution in [3.8, 4) is 0 Å². The third-order valence-electron chi connectivity index (χ3n) is 4.92. The molecule has 2 aliphatic rings. The molecule has 4 rings (SSSR count). The van der Waals surface area contributed by atoms with Gasteiger partial charge < -0.3 is 10.2 Å². The zero-order chi connectivity index (χ0) is 16.9. The van der Waals surface area contributed by atoms with Crippen molar-refractivity contribution in [2.75, 3.05) is 18.4 Å². The molecule has 6 nitrogen and oxygen atoms in total. The van der Waals surface area contributed by atoms with Crippen molar-refractivity contribution in [3.05, 3.63) is 23.2 Å². The molecule has 3 heterocycles. The SMILES string of the molecule is Cc1nc2cc(NC(=O)N3CCC4CCC(C3)S4(=O)=O)ccc2s1. The number of amides is 2. The van der Waals surface area contributed by atoms with Gasteiger partial charge in [0.15, 0.2) is 9.84 Å². The van der Waals surface area contributed by atoms with Gasteiger partial charge >= 0.3 is 6.03 Å². The number of hydrogen-bond donors (Lipinski definition) is 1. The van der Waals surface area contributed by atoms with Crippen LogP contribution >= 0.6 is 11.3 Å². The molecule has 0 aliphatic carbocycles.